The quantitative estimate of drug-likeness (QED) is 0.0781. The molecule has 9 fully saturated rings. The van der Waals surface area contributed by atoms with Crippen LogP contribution in [0, 0.1) is 46.3 Å². The summed E-state index contributed by atoms with van der Waals surface area (Å²) in [6.45, 7) is 4.84. The van der Waals surface area contributed by atoms with Crippen LogP contribution in [0.1, 0.15) is 78.6 Å². The maximum atomic E-state index is 11.6. The van der Waals surface area contributed by atoms with E-state index in [1.54, 1.807) is 0 Å². The van der Waals surface area contributed by atoms with Gasteiger partial charge in [0.25, 0.3) is 0 Å². The van der Waals surface area contributed by atoms with Crippen molar-refractivity contribution >= 4 is 0 Å². The molecule has 31 atom stereocenters. The number of aliphatic hydroxyl groups excluding tert-OH is 14. The van der Waals surface area contributed by atoms with E-state index in [2.05, 4.69) is 26.8 Å². The van der Waals surface area contributed by atoms with Gasteiger partial charge in [-0.25, -0.2) is 0 Å². The van der Waals surface area contributed by atoms with Crippen molar-refractivity contribution in [3.05, 3.63) is 11.6 Å². The first-order valence-electron chi connectivity index (χ1n) is 27.2. The summed E-state index contributed by atoms with van der Waals surface area (Å²) < 4.78 is 60.6. The molecule has 0 unspecified atom stereocenters. The Morgan fingerprint density at radius 3 is 1.77 bits per heavy atom. The summed E-state index contributed by atoms with van der Waals surface area (Å²) in [4.78, 5) is 0. The molecule has 6 saturated heterocycles. The van der Waals surface area contributed by atoms with Gasteiger partial charge in [0.15, 0.2) is 30.9 Å². The van der Waals surface area contributed by atoms with Crippen LogP contribution in [0.4, 0.5) is 0 Å². The highest BCUT2D eigenvalue weighted by atomic mass is 16.8. The Morgan fingerprint density at radius 2 is 1.13 bits per heavy atom. The van der Waals surface area contributed by atoms with E-state index >= 15 is 0 Å². The third-order valence-electron chi connectivity index (χ3n) is 19.9. The molecule has 0 aromatic carbocycles. The third-order valence-corrected chi connectivity index (χ3v) is 19.9. The van der Waals surface area contributed by atoms with Gasteiger partial charge in [0.2, 0.25) is 0 Å². The van der Waals surface area contributed by atoms with Gasteiger partial charge >= 0.3 is 0 Å². The van der Waals surface area contributed by atoms with Crippen molar-refractivity contribution in [2.24, 2.45) is 46.3 Å². The van der Waals surface area contributed by atoms with Crippen molar-refractivity contribution in [2.45, 2.75) is 219 Å². The highest BCUT2D eigenvalue weighted by molar-refractivity contribution is 5.26. The van der Waals surface area contributed by atoms with Gasteiger partial charge in [-0.3, -0.25) is 0 Å². The molecule has 14 N–H and O–H groups in total. The topological polar surface area (TPSA) is 376 Å². The lowest BCUT2D eigenvalue weighted by atomic mass is 9.47. The van der Waals surface area contributed by atoms with Gasteiger partial charge < -0.3 is 119 Å². The van der Waals surface area contributed by atoms with Crippen LogP contribution in [-0.2, 0) is 47.4 Å². The molecule has 3 saturated carbocycles. The predicted molar refractivity (Wildman–Crippen MR) is 250 cm³/mol. The maximum absolute atomic E-state index is 11.6. The third kappa shape index (κ3) is 9.91. The molecule has 10 aliphatic rings. The minimum absolute atomic E-state index is 0.00856. The van der Waals surface area contributed by atoms with E-state index in [4.69, 9.17) is 47.4 Å². The molecule has 0 amide bonds. The predicted octanol–water partition coefficient (Wildman–Crippen LogP) is -4.02. The molecule has 10 rings (SSSR count). The van der Waals surface area contributed by atoms with Gasteiger partial charge in [-0.2, -0.15) is 0 Å². The van der Waals surface area contributed by atoms with Crippen LogP contribution in [0.3, 0.4) is 0 Å². The van der Waals surface area contributed by atoms with E-state index in [1.165, 1.54) is 5.57 Å². The van der Waals surface area contributed by atoms with Gasteiger partial charge in [-0.05, 0) is 85.9 Å². The zero-order valence-electron chi connectivity index (χ0n) is 42.7. The Balaban J connectivity index is 0.745. The number of rotatable bonds is 13. The average molecular weight is 1080 g/mol. The first kappa shape index (κ1) is 57.0. The van der Waals surface area contributed by atoms with Crippen molar-refractivity contribution in [1.29, 1.82) is 0 Å². The first-order valence-corrected chi connectivity index (χ1v) is 27.2. The fourth-order valence-electron chi connectivity index (χ4n) is 15.6. The summed E-state index contributed by atoms with van der Waals surface area (Å²) in [6, 6.07) is 0. The lowest BCUT2D eigenvalue weighted by molar-refractivity contribution is -0.390. The molecule has 0 aromatic heterocycles. The number of fused-ring (bicyclic) bond motifs is 7. The minimum atomic E-state index is -1.91. The van der Waals surface area contributed by atoms with Gasteiger partial charge in [-0.1, -0.05) is 32.4 Å². The second kappa shape index (κ2) is 22.3. The van der Waals surface area contributed by atoms with Gasteiger partial charge in [0, 0.05) is 18.3 Å². The van der Waals surface area contributed by atoms with Gasteiger partial charge in [0.05, 0.1) is 51.8 Å². The molecule has 0 bridgehead atoms. The van der Waals surface area contributed by atoms with E-state index < -0.39 is 161 Å². The SMILES string of the molecule is C[C@H]1[C@H]2[C@H](C[C@H]3[C@@H]4CC=C5C[C@@H](O[C@@H]6O[C@H](CO)[C@H](O[C@@H]7O[C@H](CO)[C@@H](O)[C@H](O)[C@H]7O[C@@H]7O[C@H](CO)[C@@H](O)[C@H](O)[C@H]7O)[C@H](O)[C@H]6O)CC[C@]5(C)[C@H]4CC[C@]23C)O[C@]12CC[C@@H](CO[C@@H]1O[C@H](CO)[C@@H](O)[C@H](O)[C@H]1O)CO2. The summed E-state index contributed by atoms with van der Waals surface area (Å²) >= 11 is 0. The number of aliphatic hydroxyl groups is 14. The van der Waals surface area contributed by atoms with Gasteiger partial charge in [-0.15, -0.1) is 0 Å². The van der Waals surface area contributed by atoms with Crippen LogP contribution >= 0.6 is 0 Å². The largest absolute Gasteiger partial charge is 0.394 e. The van der Waals surface area contributed by atoms with E-state index in [0.717, 1.165) is 38.5 Å². The lowest BCUT2D eigenvalue weighted by Crippen LogP contribution is -2.67. The van der Waals surface area contributed by atoms with Crippen molar-refractivity contribution in [2.75, 3.05) is 39.6 Å². The molecular formula is C51H82O24. The average Bonchev–Trinajstić information content (AvgIpc) is 3.85. The zero-order chi connectivity index (χ0) is 53.6. The molecule has 4 aliphatic carbocycles. The monoisotopic (exact) mass is 1080 g/mol. The number of ether oxygens (including phenoxy) is 10. The van der Waals surface area contributed by atoms with Crippen LogP contribution < -0.4 is 0 Å². The second-order valence-electron chi connectivity index (χ2n) is 23.9. The van der Waals surface area contributed by atoms with Crippen LogP contribution in [0.5, 0.6) is 0 Å². The highest BCUT2D eigenvalue weighted by Crippen LogP contribution is 2.71. The van der Waals surface area contributed by atoms with E-state index in [1.807, 2.05) is 0 Å². The molecule has 1 spiro atoms. The lowest BCUT2D eigenvalue weighted by Gasteiger charge is -2.58. The fourth-order valence-corrected chi connectivity index (χ4v) is 15.6. The summed E-state index contributed by atoms with van der Waals surface area (Å²) in [7, 11) is 0. The Kier molecular flexibility index (Phi) is 16.9. The Bertz CT molecular complexity index is 1960. The minimum Gasteiger partial charge on any atom is -0.394 e. The summed E-state index contributed by atoms with van der Waals surface area (Å²) in [6.07, 6.45) is -22.3. The van der Waals surface area contributed by atoms with E-state index in [9.17, 15) is 71.5 Å². The zero-order valence-corrected chi connectivity index (χ0v) is 42.7. The molecule has 24 heteroatoms. The summed E-state index contributed by atoms with van der Waals surface area (Å²) in [5, 5.41) is 147. The van der Waals surface area contributed by atoms with Crippen molar-refractivity contribution < 1.29 is 119 Å². The van der Waals surface area contributed by atoms with E-state index in [-0.39, 0.29) is 35.4 Å². The molecule has 6 heterocycles. The Hall–Kier alpha value is -1.22. The van der Waals surface area contributed by atoms with Crippen molar-refractivity contribution in [1.82, 2.24) is 0 Å². The molecule has 0 aromatic rings. The van der Waals surface area contributed by atoms with Gasteiger partial charge in [0.1, 0.15) is 97.7 Å². The number of hydrogen-bond acceptors (Lipinski definition) is 24. The summed E-state index contributed by atoms with van der Waals surface area (Å²) in [5.41, 5.74) is 1.24. The Morgan fingerprint density at radius 1 is 0.573 bits per heavy atom. The second-order valence-corrected chi connectivity index (χ2v) is 23.9. The summed E-state index contributed by atoms with van der Waals surface area (Å²) in [5.74, 6) is 1.09. The molecule has 0 radical (unpaired) electrons. The van der Waals surface area contributed by atoms with Crippen LogP contribution in [-0.4, -0.2) is 252 Å². The molecule has 6 aliphatic heterocycles. The maximum Gasteiger partial charge on any atom is 0.187 e. The first-order chi connectivity index (χ1) is 35.7. The number of hydrogen-bond donors (Lipinski definition) is 14. The van der Waals surface area contributed by atoms with Crippen LogP contribution in [0.25, 0.3) is 0 Å². The molecule has 75 heavy (non-hydrogen) atoms. The number of allylic oxidation sites excluding steroid dienone is 1. The molecular weight excluding hydrogens is 997 g/mol. The standard InChI is InChI=1S/C51H82O24/c1-20-32-27(75-51(20)11-6-21(19-67-51)18-66-45-40(63)36(59)33(56)28(14-52)69-45)13-26-24-5-4-22-12-23(7-9-49(22,2)25(24)8-10-50(26,32)3)68-46-42(65)39(62)43(31(17-55)72-46)73-48-44(38(61)35(58)30(16-54)71-48)74-47-41(64)37(60)34(57)29(15-53)70-47/h4,20-21,23-48,52-65H,5-19H2,1-3H3/t20-,21-,23-,24+,25-,26-,27-,28+,29+,30+,31+,32-,33+,34+,35+,36-,37-,38-,39+,40+,41+,42+,43-,44+,45+,46+,47-,48-,49-,50-,51+/m0/s1. The molecule has 430 valence electrons. The van der Waals surface area contributed by atoms with Crippen LogP contribution in [0.15, 0.2) is 11.6 Å². The van der Waals surface area contributed by atoms with E-state index in [0.29, 0.717) is 49.5 Å². The normalized spacial score (nSPS) is 55.9. The van der Waals surface area contributed by atoms with Crippen molar-refractivity contribution in [3.8, 4) is 0 Å². The van der Waals surface area contributed by atoms with Crippen molar-refractivity contribution in [3.63, 3.8) is 0 Å². The molecule has 24 nitrogen and oxygen atoms in total. The Labute approximate surface area is 434 Å². The fraction of sp³-hybridized carbons (Fsp3) is 0.961. The smallest absolute Gasteiger partial charge is 0.187 e. The van der Waals surface area contributed by atoms with Crippen LogP contribution in [0.2, 0.25) is 0 Å². The highest BCUT2D eigenvalue weighted by Gasteiger charge is 2.69.